The average Bonchev–Trinajstić information content (AvgIpc) is 2.70. The lowest BCUT2D eigenvalue weighted by atomic mass is 10.1. The molecule has 5 heteroatoms. The second-order valence-corrected chi connectivity index (χ2v) is 7.19. The Bertz CT molecular complexity index is 998. The fraction of sp³-hybridized carbons (Fsp3) is 0.208. The lowest BCUT2D eigenvalue weighted by molar-refractivity contribution is -0.115. The summed E-state index contributed by atoms with van der Waals surface area (Å²) in [6.45, 7) is 6.40. The number of benzene rings is 2. The fourth-order valence-corrected chi connectivity index (χ4v) is 3.16. The van der Waals surface area contributed by atoms with Crippen LogP contribution in [-0.4, -0.2) is 23.2 Å². The van der Waals surface area contributed by atoms with Gasteiger partial charge in [0.05, 0.1) is 18.4 Å². The average molecular weight is 387 g/mol. The fourth-order valence-electron chi connectivity index (χ4n) is 3.16. The molecule has 0 aliphatic heterocycles. The maximum absolute atomic E-state index is 12.7. The van der Waals surface area contributed by atoms with Crippen LogP contribution in [0.1, 0.15) is 34.0 Å². The zero-order valence-corrected chi connectivity index (χ0v) is 17.0. The van der Waals surface area contributed by atoms with Crippen LogP contribution in [0.2, 0.25) is 0 Å². The Morgan fingerprint density at radius 1 is 1.03 bits per heavy atom. The number of Topliss-reactive ketones (excluding diaryl/α,β-unsaturated/α-hetero) is 1. The normalized spacial score (nSPS) is 10.4. The molecule has 0 saturated carbocycles. The van der Waals surface area contributed by atoms with Crippen molar-refractivity contribution >= 4 is 23.1 Å². The minimum atomic E-state index is -0.112. The Balaban J connectivity index is 1.84. The van der Waals surface area contributed by atoms with E-state index in [1.807, 2.05) is 44.2 Å². The summed E-state index contributed by atoms with van der Waals surface area (Å²) in [5, 5.41) is 2.90. The van der Waals surface area contributed by atoms with E-state index in [9.17, 15) is 9.59 Å². The van der Waals surface area contributed by atoms with Crippen LogP contribution in [0, 0.1) is 13.8 Å². The van der Waals surface area contributed by atoms with Crippen molar-refractivity contribution in [3.05, 3.63) is 89.2 Å². The second-order valence-electron chi connectivity index (χ2n) is 7.19. The predicted octanol–water partition coefficient (Wildman–Crippen LogP) is 4.55. The van der Waals surface area contributed by atoms with Gasteiger partial charge in [-0.25, -0.2) is 0 Å². The number of hydrogen-bond acceptors (Lipinski definition) is 4. The highest BCUT2D eigenvalue weighted by atomic mass is 16.2. The Labute approximate surface area is 171 Å². The number of nitrogens with one attached hydrogen (secondary N) is 1. The van der Waals surface area contributed by atoms with Crippen LogP contribution in [0.25, 0.3) is 0 Å². The number of carbonyl (C=O) groups is 2. The summed E-state index contributed by atoms with van der Waals surface area (Å²) in [4.78, 5) is 30.3. The highest BCUT2D eigenvalue weighted by molar-refractivity contribution is 5.94. The largest absolute Gasteiger partial charge is 0.358 e. The van der Waals surface area contributed by atoms with Crippen LogP contribution >= 0.6 is 0 Å². The third kappa shape index (κ3) is 5.51. The summed E-state index contributed by atoms with van der Waals surface area (Å²) in [5.74, 6) is -0.0713. The highest BCUT2D eigenvalue weighted by Gasteiger charge is 2.15. The zero-order chi connectivity index (χ0) is 20.8. The van der Waals surface area contributed by atoms with Gasteiger partial charge in [0.25, 0.3) is 0 Å². The molecule has 3 rings (SSSR count). The topological polar surface area (TPSA) is 62.3 Å². The first-order valence-corrected chi connectivity index (χ1v) is 9.54. The number of anilines is 2. The van der Waals surface area contributed by atoms with E-state index in [1.54, 1.807) is 25.4 Å². The molecule has 0 aliphatic carbocycles. The second kappa shape index (κ2) is 9.15. The lowest BCUT2D eigenvalue weighted by Crippen LogP contribution is -2.33. The Morgan fingerprint density at radius 3 is 2.45 bits per heavy atom. The molecule has 0 bridgehead atoms. The van der Waals surface area contributed by atoms with E-state index in [1.165, 1.54) is 0 Å². The number of ketones is 1. The van der Waals surface area contributed by atoms with Gasteiger partial charge in [-0.3, -0.25) is 14.6 Å². The monoisotopic (exact) mass is 387 g/mol. The molecule has 3 aromatic rings. The van der Waals surface area contributed by atoms with Crippen LogP contribution in [0.15, 0.2) is 67.0 Å². The Morgan fingerprint density at radius 2 is 1.79 bits per heavy atom. The third-order valence-electron chi connectivity index (χ3n) is 4.72. The van der Waals surface area contributed by atoms with Crippen molar-refractivity contribution in [1.29, 1.82) is 0 Å². The van der Waals surface area contributed by atoms with Crippen LogP contribution in [0.3, 0.4) is 0 Å². The van der Waals surface area contributed by atoms with Gasteiger partial charge in [0, 0.05) is 24.0 Å². The maximum atomic E-state index is 12.7. The van der Waals surface area contributed by atoms with Gasteiger partial charge in [0.15, 0.2) is 5.78 Å². The molecule has 1 N–H and O–H groups in total. The summed E-state index contributed by atoms with van der Waals surface area (Å²) in [5.41, 5.74) is 5.64. The van der Waals surface area contributed by atoms with Crippen molar-refractivity contribution in [1.82, 2.24) is 4.98 Å². The minimum absolute atomic E-state index is 0.0405. The number of aromatic nitrogens is 1. The van der Waals surface area contributed by atoms with Crippen molar-refractivity contribution in [2.45, 2.75) is 27.3 Å². The molecule has 0 unspecified atom stereocenters. The molecule has 29 heavy (non-hydrogen) atoms. The molecule has 0 aliphatic rings. The van der Waals surface area contributed by atoms with Crippen LogP contribution in [-0.2, 0) is 11.3 Å². The minimum Gasteiger partial charge on any atom is -0.358 e. The van der Waals surface area contributed by atoms with Gasteiger partial charge >= 0.3 is 0 Å². The highest BCUT2D eigenvalue weighted by Crippen LogP contribution is 2.24. The maximum Gasteiger partial charge on any atom is 0.243 e. The molecule has 148 valence electrons. The standard InChI is InChI=1S/C24H25N3O2/c1-17-6-7-18(2)23(13-17)27(15-20-8-10-21(11-9-20)19(3)28)16-24(29)26-22-5-4-12-25-14-22/h4-14H,15-16H2,1-3H3,(H,26,29). The molecule has 0 radical (unpaired) electrons. The summed E-state index contributed by atoms with van der Waals surface area (Å²) in [6.07, 6.45) is 3.30. The molecular weight excluding hydrogens is 362 g/mol. The van der Waals surface area contributed by atoms with Gasteiger partial charge in [-0.05, 0) is 55.7 Å². The van der Waals surface area contributed by atoms with E-state index in [2.05, 4.69) is 33.4 Å². The number of amides is 1. The molecule has 2 aromatic carbocycles. The molecule has 0 saturated heterocycles. The van der Waals surface area contributed by atoms with Crippen molar-refractivity contribution in [2.75, 3.05) is 16.8 Å². The number of nitrogens with zero attached hydrogens (tertiary/aromatic N) is 2. The van der Waals surface area contributed by atoms with Gasteiger partial charge in [-0.1, -0.05) is 36.4 Å². The summed E-state index contributed by atoms with van der Waals surface area (Å²) in [7, 11) is 0. The SMILES string of the molecule is CC(=O)c1ccc(CN(CC(=O)Nc2cccnc2)c2cc(C)ccc2C)cc1. The van der Waals surface area contributed by atoms with E-state index in [4.69, 9.17) is 0 Å². The van der Waals surface area contributed by atoms with Gasteiger partial charge in [0.1, 0.15) is 0 Å². The van der Waals surface area contributed by atoms with Gasteiger partial charge < -0.3 is 10.2 Å². The Hall–Kier alpha value is -3.47. The van der Waals surface area contributed by atoms with Gasteiger partial charge in [-0.15, -0.1) is 0 Å². The van der Waals surface area contributed by atoms with Crippen molar-refractivity contribution < 1.29 is 9.59 Å². The van der Waals surface area contributed by atoms with E-state index >= 15 is 0 Å². The predicted molar refractivity (Wildman–Crippen MR) is 116 cm³/mol. The van der Waals surface area contributed by atoms with Crippen molar-refractivity contribution in [2.24, 2.45) is 0 Å². The van der Waals surface area contributed by atoms with Crippen molar-refractivity contribution in [3.63, 3.8) is 0 Å². The van der Waals surface area contributed by atoms with Gasteiger partial charge in [-0.2, -0.15) is 0 Å². The van der Waals surface area contributed by atoms with Crippen LogP contribution in [0.4, 0.5) is 11.4 Å². The van der Waals surface area contributed by atoms with Crippen molar-refractivity contribution in [3.8, 4) is 0 Å². The van der Waals surface area contributed by atoms with Gasteiger partial charge in [0.2, 0.25) is 5.91 Å². The first-order chi connectivity index (χ1) is 13.9. The number of carbonyl (C=O) groups excluding carboxylic acids is 2. The van der Waals surface area contributed by atoms with E-state index in [-0.39, 0.29) is 18.2 Å². The molecular formula is C24H25N3O2. The van der Waals surface area contributed by atoms with E-state index < -0.39 is 0 Å². The molecule has 0 fully saturated rings. The number of aryl methyl sites for hydroxylation is 2. The molecule has 0 spiro atoms. The molecule has 1 aromatic heterocycles. The first kappa shape index (κ1) is 20.3. The Kier molecular flexibility index (Phi) is 6.39. The molecule has 5 nitrogen and oxygen atoms in total. The zero-order valence-electron chi connectivity index (χ0n) is 17.0. The molecule has 0 atom stereocenters. The first-order valence-electron chi connectivity index (χ1n) is 9.54. The summed E-state index contributed by atoms with van der Waals surface area (Å²) >= 11 is 0. The molecule has 1 heterocycles. The summed E-state index contributed by atoms with van der Waals surface area (Å²) in [6, 6.07) is 17.4. The number of pyridine rings is 1. The third-order valence-corrected chi connectivity index (χ3v) is 4.72. The number of rotatable bonds is 7. The van der Waals surface area contributed by atoms with E-state index in [0.29, 0.717) is 17.8 Å². The smallest absolute Gasteiger partial charge is 0.243 e. The van der Waals surface area contributed by atoms with Crippen LogP contribution < -0.4 is 10.2 Å². The number of hydrogen-bond donors (Lipinski definition) is 1. The summed E-state index contributed by atoms with van der Waals surface area (Å²) < 4.78 is 0. The van der Waals surface area contributed by atoms with Crippen LogP contribution in [0.5, 0.6) is 0 Å². The lowest BCUT2D eigenvalue weighted by Gasteiger charge is -2.26. The molecule has 1 amide bonds. The quantitative estimate of drug-likeness (QED) is 0.604. The van der Waals surface area contributed by atoms with E-state index in [0.717, 1.165) is 22.4 Å².